The molecule has 1 saturated carbocycles. The summed E-state index contributed by atoms with van der Waals surface area (Å²) in [6.45, 7) is 5.70. The average Bonchev–Trinajstić information content (AvgIpc) is 3.54. The molecule has 1 aliphatic carbocycles. The van der Waals surface area contributed by atoms with Gasteiger partial charge in [-0.2, -0.15) is 5.10 Å². The molecule has 186 valence electrons. The van der Waals surface area contributed by atoms with E-state index in [-0.39, 0.29) is 12.5 Å². The number of rotatable bonds is 5. The number of halogens is 2. The summed E-state index contributed by atoms with van der Waals surface area (Å²) in [5.41, 5.74) is 2.91. The van der Waals surface area contributed by atoms with E-state index >= 15 is 4.39 Å². The molecule has 4 heterocycles. The molecule has 1 aromatic carbocycles. The van der Waals surface area contributed by atoms with E-state index in [2.05, 4.69) is 20.3 Å². The molecule has 2 N–H and O–H groups in total. The first-order chi connectivity index (χ1) is 16.8. The van der Waals surface area contributed by atoms with Gasteiger partial charge in [-0.15, -0.1) is 0 Å². The van der Waals surface area contributed by atoms with Gasteiger partial charge in [0, 0.05) is 24.0 Å². The van der Waals surface area contributed by atoms with Gasteiger partial charge in [-0.05, 0) is 62.9 Å². The Hall–Kier alpha value is -2.33. The van der Waals surface area contributed by atoms with Crippen LogP contribution >= 0.6 is 11.6 Å². The molecular weight excluding hydrogens is 471 g/mol. The summed E-state index contributed by atoms with van der Waals surface area (Å²) in [6.07, 6.45) is 4.69. The number of aromatic nitrogens is 4. The van der Waals surface area contributed by atoms with Crippen molar-refractivity contribution in [1.29, 1.82) is 0 Å². The van der Waals surface area contributed by atoms with Crippen LogP contribution in [0.25, 0.3) is 10.9 Å². The number of alkyl halides is 1. The third-order valence-corrected chi connectivity index (χ3v) is 8.27. The SMILES string of the molecule is Cc1cc2cnc(Nc3cnn(C4CC4)c3Cl)nc2cc1C1CCN(C2(C)COC[C@H]2O)CC1F. The lowest BCUT2D eigenvalue weighted by Crippen LogP contribution is -2.58. The second-order valence-corrected chi connectivity index (χ2v) is 10.7. The highest BCUT2D eigenvalue weighted by Crippen LogP contribution is 2.40. The Morgan fingerprint density at radius 2 is 2.09 bits per heavy atom. The Morgan fingerprint density at radius 1 is 1.26 bits per heavy atom. The van der Waals surface area contributed by atoms with E-state index in [0.717, 1.165) is 34.9 Å². The van der Waals surface area contributed by atoms with Crippen molar-refractivity contribution in [3.8, 4) is 0 Å². The normalized spacial score (nSPS) is 29.7. The van der Waals surface area contributed by atoms with Crippen molar-refractivity contribution >= 4 is 34.1 Å². The van der Waals surface area contributed by atoms with Gasteiger partial charge in [-0.1, -0.05) is 11.6 Å². The number of aliphatic hydroxyl groups excluding tert-OH is 1. The van der Waals surface area contributed by atoms with Gasteiger partial charge in [0.2, 0.25) is 5.95 Å². The molecule has 0 bridgehead atoms. The first-order valence-corrected chi connectivity index (χ1v) is 12.6. The van der Waals surface area contributed by atoms with Crippen LogP contribution in [0.15, 0.2) is 24.5 Å². The van der Waals surface area contributed by atoms with Crippen LogP contribution in [-0.2, 0) is 4.74 Å². The van der Waals surface area contributed by atoms with Crippen molar-refractivity contribution in [2.45, 2.75) is 62.9 Å². The van der Waals surface area contributed by atoms with Gasteiger partial charge in [0.1, 0.15) is 6.17 Å². The van der Waals surface area contributed by atoms with Crippen molar-refractivity contribution in [3.05, 3.63) is 40.8 Å². The van der Waals surface area contributed by atoms with E-state index in [1.807, 2.05) is 30.7 Å². The smallest absolute Gasteiger partial charge is 0.227 e. The van der Waals surface area contributed by atoms with Crippen molar-refractivity contribution in [2.75, 3.05) is 31.6 Å². The topological polar surface area (TPSA) is 88.3 Å². The number of nitrogens with zero attached hydrogens (tertiary/aromatic N) is 5. The number of aliphatic hydroxyl groups is 1. The fourth-order valence-corrected chi connectivity index (χ4v) is 5.75. The number of hydrogen-bond donors (Lipinski definition) is 2. The number of likely N-dealkylation sites (tertiary alicyclic amines) is 1. The fraction of sp³-hybridized carbons (Fsp3) is 0.560. The van der Waals surface area contributed by atoms with Crippen molar-refractivity contribution in [3.63, 3.8) is 0 Å². The molecule has 8 nitrogen and oxygen atoms in total. The Kier molecular flexibility index (Phi) is 5.71. The number of aryl methyl sites for hydroxylation is 1. The molecule has 3 unspecified atom stereocenters. The third-order valence-electron chi connectivity index (χ3n) is 7.89. The highest BCUT2D eigenvalue weighted by molar-refractivity contribution is 6.32. The van der Waals surface area contributed by atoms with Gasteiger partial charge in [-0.3, -0.25) is 4.90 Å². The van der Waals surface area contributed by atoms with E-state index in [9.17, 15) is 5.11 Å². The molecule has 4 atom stereocenters. The maximum Gasteiger partial charge on any atom is 0.227 e. The molecule has 6 rings (SSSR count). The highest BCUT2D eigenvalue weighted by Gasteiger charge is 2.47. The van der Waals surface area contributed by atoms with Crippen LogP contribution in [0.4, 0.5) is 16.0 Å². The zero-order valence-electron chi connectivity index (χ0n) is 19.9. The zero-order valence-corrected chi connectivity index (χ0v) is 20.7. The molecule has 2 saturated heterocycles. The van der Waals surface area contributed by atoms with Crippen LogP contribution in [0, 0.1) is 6.92 Å². The predicted octanol–water partition coefficient (Wildman–Crippen LogP) is 4.14. The number of fused-ring (bicyclic) bond motifs is 1. The molecule has 0 amide bonds. The summed E-state index contributed by atoms with van der Waals surface area (Å²) < 4.78 is 22.9. The lowest BCUT2D eigenvalue weighted by atomic mass is 9.82. The van der Waals surface area contributed by atoms with E-state index in [4.69, 9.17) is 21.3 Å². The van der Waals surface area contributed by atoms with Crippen LogP contribution in [0.1, 0.15) is 49.3 Å². The van der Waals surface area contributed by atoms with Crippen molar-refractivity contribution in [2.24, 2.45) is 0 Å². The zero-order chi connectivity index (χ0) is 24.3. The maximum absolute atomic E-state index is 15.6. The minimum atomic E-state index is -1.05. The Morgan fingerprint density at radius 3 is 2.80 bits per heavy atom. The molecule has 0 spiro atoms. The van der Waals surface area contributed by atoms with Crippen LogP contribution in [0.5, 0.6) is 0 Å². The molecule has 3 aliphatic rings. The summed E-state index contributed by atoms with van der Waals surface area (Å²) in [5, 5.41) is 19.4. The molecule has 0 radical (unpaired) electrons. The monoisotopic (exact) mass is 500 g/mol. The quantitative estimate of drug-likeness (QED) is 0.544. The molecule has 2 aliphatic heterocycles. The Labute approximate surface area is 208 Å². The number of hydrogen-bond acceptors (Lipinski definition) is 7. The first kappa shape index (κ1) is 23.1. The lowest BCUT2D eigenvalue weighted by molar-refractivity contribution is -0.0238. The standard InChI is InChI=1S/C25H30ClFN6O2/c1-14-7-15-9-28-24(31-21-10-29-33(23(21)26)16-3-4-16)30-20(15)8-18(14)17-5-6-32(11-19(17)27)25(2)13-35-12-22(25)34/h7-10,16-17,19,22,34H,3-6,11-13H2,1-2H3,(H,28,30,31)/t17?,19?,22-,25?/m1/s1. The molecular formula is C25H30ClFN6O2. The van der Waals surface area contributed by atoms with Crippen LogP contribution < -0.4 is 5.32 Å². The van der Waals surface area contributed by atoms with Gasteiger partial charge in [0.25, 0.3) is 0 Å². The van der Waals surface area contributed by atoms with E-state index in [1.54, 1.807) is 12.4 Å². The summed E-state index contributed by atoms with van der Waals surface area (Å²) in [7, 11) is 0. The molecule has 3 fully saturated rings. The second-order valence-electron chi connectivity index (χ2n) is 10.4. The molecule has 35 heavy (non-hydrogen) atoms. The van der Waals surface area contributed by atoms with Crippen molar-refractivity contribution < 1.29 is 14.2 Å². The Bertz CT molecular complexity index is 1270. The number of piperidine rings is 1. The van der Waals surface area contributed by atoms with Gasteiger partial charge >= 0.3 is 0 Å². The average molecular weight is 501 g/mol. The number of ether oxygens (including phenoxy) is 1. The first-order valence-electron chi connectivity index (χ1n) is 12.3. The van der Waals surface area contributed by atoms with Gasteiger partial charge in [0.15, 0.2) is 5.15 Å². The number of anilines is 2. The van der Waals surface area contributed by atoms with Crippen LogP contribution in [-0.4, -0.2) is 73.9 Å². The summed E-state index contributed by atoms with van der Waals surface area (Å²) in [5.74, 6) is 0.204. The summed E-state index contributed by atoms with van der Waals surface area (Å²) in [4.78, 5) is 11.2. The minimum Gasteiger partial charge on any atom is -0.389 e. The summed E-state index contributed by atoms with van der Waals surface area (Å²) >= 11 is 6.48. The van der Waals surface area contributed by atoms with Crippen molar-refractivity contribution in [1.82, 2.24) is 24.6 Å². The van der Waals surface area contributed by atoms with E-state index < -0.39 is 17.8 Å². The van der Waals surface area contributed by atoms with Gasteiger partial charge < -0.3 is 15.2 Å². The van der Waals surface area contributed by atoms with E-state index in [0.29, 0.717) is 49.0 Å². The number of nitrogens with one attached hydrogen (secondary N) is 1. The van der Waals surface area contributed by atoms with Crippen LogP contribution in [0.2, 0.25) is 5.15 Å². The summed E-state index contributed by atoms with van der Waals surface area (Å²) in [6, 6.07) is 4.41. The Balaban J connectivity index is 1.24. The highest BCUT2D eigenvalue weighted by atomic mass is 35.5. The lowest BCUT2D eigenvalue weighted by Gasteiger charge is -2.45. The third kappa shape index (κ3) is 4.08. The largest absolute Gasteiger partial charge is 0.389 e. The van der Waals surface area contributed by atoms with Crippen LogP contribution in [0.3, 0.4) is 0 Å². The molecule has 3 aromatic rings. The second kappa shape index (κ2) is 8.65. The maximum atomic E-state index is 15.6. The van der Waals surface area contributed by atoms with Gasteiger partial charge in [0.05, 0.1) is 48.3 Å². The predicted molar refractivity (Wildman–Crippen MR) is 132 cm³/mol. The fourth-order valence-electron chi connectivity index (χ4n) is 5.47. The number of benzene rings is 1. The van der Waals surface area contributed by atoms with E-state index in [1.165, 1.54) is 0 Å². The molecule has 2 aromatic heterocycles. The molecule has 10 heteroatoms. The minimum absolute atomic E-state index is 0.226. The van der Waals surface area contributed by atoms with Gasteiger partial charge in [-0.25, -0.2) is 19.0 Å².